The number of methoxy groups -OCH3 is 1. The van der Waals surface area contributed by atoms with Crippen LogP contribution in [0, 0.1) is 12.7 Å². The second kappa shape index (κ2) is 9.82. The van der Waals surface area contributed by atoms with Crippen molar-refractivity contribution in [3.05, 3.63) is 89.7 Å². The number of anilines is 1. The van der Waals surface area contributed by atoms with Gasteiger partial charge in [0.1, 0.15) is 23.0 Å². The molecular weight excluding hydrogens is 431 g/mol. The molecule has 3 aromatic carbocycles. The highest BCUT2D eigenvalue weighted by Crippen LogP contribution is 2.31. The van der Waals surface area contributed by atoms with E-state index in [2.05, 4.69) is 5.32 Å². The van der Waals surface area contributed by atoms with Crippen LogP contribution in [-0.2, 0) is 14.8 Å². The first kappa shape index (κ1) is 23.3. The molecule has 1 amide bonds. The van der Waals surface area contributed by atoms with Crippen molar-refractivity contribution in [1.29, 1.82) is 0 Å². The monoisotopic (exact) mass is 456 g/mol. The van der Waals surface area contributed by atoms with Gasteiger partial charge in [-0.2, -0.15) is 0 Å². The summed E-state index contributed by atoms with van der Waals surface area (Å²) in [5.74, 6) is -0.858. The first-order valence-electron chi connectivity index (χ1n) is 9.99. The van der Waals surface area contributed by atoms with Crippen LogP contribution >= 0.6 is 0 Å². The normalized spacial score (nSPS) is 12.1. The van der Waals surface area contributed by atoms with Crippen molar-refractivity contribution in [2.45, 2.75) is 24.8 Å². The molecule has 0 aromatic heterocycles. The average molecular weight is 457 g/mol. The summed E-state index contributed by atoms with van der Waals surface area (Å²) in [4.78, 5) is 12.8. The Morgan fingerprint density at radius 2 is 1.72 bits per heavy atom. The molecule has 32 heavy (non-hydrogen) atoms. The first-order valence-corrected chi connectivity index (χ1v) is 11.4. The highest BCUT2D eigenvalue weighted by Gasteiger charge is 2.30. The number of ether oxygens (including phenoxy) is 1. The van der Waals surface area contributed by atoms with E-state index in [4.69, 9.17) is 4.74 Å². The minimum absolute atomic E-state index is 0.0757. The number of carbonyl (C=O) groups is 1. The molecule has 3 rings (SSSR count). The molecule has 0 aliphatic heterocycles. The van der Waals surface area contributed by atoms with Gasteiger partial charge in [0.2, 0.25) is 5.91 Å². The smallest absolute Gasteiger partial charge is 0.268 e. The Hall–Kier alpha value is -3.39. The zero-order valence-corrected chi connectivity index (χ0v) is 18.9. The molecule has 0 spiro atoms. The molecule has 0 aliphatic carbocycles. The Kier molecular flexibility index (Phi) is 7.15. The van der Waals surface area contributed by atoms with Crippen LogP contribution in [0.25, 0.3) is 0 Å². The van der Waals surface area contributed by atoms with Gasteiger partial charge in [-0.1, -0.05) is 36.4 Å². The number of hydrogen-bond acceptors (Lipinski definition) is 4. The third-order valence-electron chi connectivity index (χ3n) is 4.97. The van der Waals surface area contributed by atoms with E-state index in [0.29, 0.717) is 5.56 Å². The Morgan fingerprint density at radius 3 is 2.34 bits per heavy atom. The number of aryl methyl sites for hydroxylation is 1. The fourth-order valence-electron chi connectivity index (χ4n) is 3.27. The summed E-state index contributed by atoms with van der Waals surface area (Å²) in [6.45, 7) is 3.09. The average Bonchev–Trinajstić information content (AvgIpc) is 2.78. The topological polar surface area (TPSA) is 75.7 Å². The molecule has 1 N–H and O–H groups in total. The van der Waals surface area contributed by atoms with E-state index in [0.717, 1.165) is 22.0 Å². The number of nitrogens with zero attached hydrogens (tertiary/aromatic N) is 1. The van der Waals surface area contributed by atoms with Crippen LogP contribution in [0.4, 0.5) is 10.1 Å². The van der Waals surface area contributed by atoms with Crippen LogP contribution in [0.5, 0.6) is 5.75 Å². The van der Waals surface area contributed by atoms with Crippen molar-refractivity contribution in [1.82, 2.24) is 5.32 Å². The number of amides is 1. The summed E-state index contributed by atoms with van der Waals surface area (Å²) in [7, 11) is -2.83. The van der Waals surface area contributed by atoms with E-state index in [1.54, 1.807) is 19.1 Å². The zero-order chi connectivity index (χ0) is 23.3. The Bertz CT molecular complexity index is 1180. The highest BCUT2D eigenvalue weighted by atomic mass is 32.2. The van der Waals surface area contributed by atoms with Gasteiger partial charge in [-0.3, -0.25) is 9.10 Å². The lowest BCUT2D eigenvalue weighted by atomic mass is 10.1. The van der Waals surface area contributed by atoms with Gasteiger partial charge in [0.25, 0.3) is 10.0 Å². The third-order valence-corrected chi connectivity index (χ3v) is 6.76. The number of halogens is 1. The summed E-state index contributed by atoms with van der Waals surface area (Å²) in [6, 6.07) is 18.7. The summed E-state index contributed by atoms with van der Waals surface area (Å²) in [6.07, 6.45) is 0. The van der Waals surface area contributed by atoms with E-state index >= 15 is 0 Å². The molecule has 0 bridgehead atoms. The maximum atomic E-state index is 13.6. The summed E-state index contributed by atoms with van der Waals surface area (Å²) in [5, 5.41) is 2.82. The first-order chi connectivity index (χ1) is 15.2. The number of carbonyl (C=O) groups excluding carboxylic acids is 1. The molecule has 1 unspecified atom stereocenters. The van der Waals surface area contributed by atoms with Crippen LogP contribution < -0.4 is 14.4 Å². The number of benzene rings is 3. The second-order valence-electron chi connectivity index (χ2n) is 7.34. The molecule has 0 fully saturated rings. The van der Waals surface area contributed by atoms with Gasteiger partial charge >= 0.3 is 0 Å². The van der Waals surface area contributed by atoms with Crippen molar-refractivity contribution in [3.63, 3.8) is 0 Å². The van der Waals surface area contributed by atoms with Gasteiger partial charge in [-0.05, 0) is 61.4 Å². The van der Waals surface area contributed by atoms with Gasteiger partial charge in [0.15, 0.2) is 0 Å². The fourth-order valence-corrected chi connectivity index (χ4v) is 4.93. The molecule has 8 heteroatoms. The molecule has 0 heterocycles. The van der Waals surface area contributed by atoms with Gasteiger partial charge in [-0.25, -0.2) is 12.8 Å². The standard InChI is InChI=1S/C24H25FN2O4S/c1-17-9-14-22(31-3)23(15-17)32(29,30)27(21-12-10-20(25)11-13-21)16-24(28)26-18(2)19-7-5-4-6-8-19/h4-15,18H,16H2,1-3H3,(H,26,28). The van der Waals surface area contributed by atoms with Crippen LogP contribution in [0.3, 0.4) is 0 Å². The Balaban J connectivity index is 1.97. The number of rotatable bonds is 8. The van der Waals surface area contributed by atoms with Crippen LogP contribution in [0.2, 0.25) is 0 Å². The minimum Gasteiger partial charge on any atom is -0.495 e. The van der Waals surface area contributed by atoms with Crippen LogP contribution in [0.1, 0.15) is 24.1 Å². The zero-order valence-electron chi connectivity index (χ0n) is 18.1. The molecule has 0 saturated heterocycles. The van der Waals surface area contributed by atoms with E-state index in [1.807, 2.05) is 37.3 Å². The summed E-state index contributed by atoms with van der Waals surface area (Å²) in [5.41, 5.74) is 1.76. The van der Waals surface area contributed by atoms with Crippen molar-refractivity contribution < 1.29 is 22.3 Å². The predicted octanol–water partition coefficient (Wildman–Crippen LogP) is 4.22. The quantitative estimate of drug-likeness (QED) is 0.551. The van der Waals surface area contributed by atoms with Crippen molar-refractivity contribution in [3.8, 4) is 5.75 Å². The molecule has 0 radical (unpaired) electrons. The van der Waals surface area contributed by atoms with Crippen molar-refractivity contribution >= 4 is 21.6 Å². The van der Waals surface area contributed by atoms with E-state index in [-0.39, 0.29) is 22.4 Å². The fraction of sp³-hybridized carbons (Fsp3) is 0.208. The molecule has 0 saturated carbocycles. The lowest BCUT2D eigenvalue weighted by molar-refractivity contribution is -0.120. The molecule has 3 aromatic rings. The second-order valence-corrected chi connectivity index (χ2v) is 9.17. The van der Waals surface area contributed by atoms with Gasteiger partial charge in [0.05, 0.1) is 18.8 Å². The Morgan fingerprint density at radius 1 is 1.06 bits per heavy atom. The van der Waals surface area contributed by atoms with Crippen molar-refractivity contribution in [2.75, 3.05) is 18.0 Å². The molecule has 6 nitrogen and oxygen atoms in total. The van der Waals surface area contributed by atoms with Crippen molar-refractivity contribution in [2.24, 2.45) is 0 Å². The number of sulfonamides is 1. The largest absolute Gasteiger partial charge is 0.495 e. The van der Waals surface area contributed by atoms with Gasteiger partial charge in [0, 0.05) is 0 Å². The van der Waals surface area contributed by atoms with E-state index in [9.17, 15) is 17.6 Å². The van der Waals surface area contributed by atoms with E-state index in [1.165, 1.54) is 25.3 Å². The van der Waals surface area contributed by atoms with Crippen LogP contribution in [-0.4, -0.2) is 28.0 Å². The molecule has 0 aliphatic rings. The van der Waals surface area contributed by atoms with E-state index < -0.39 is 28.3 Å². The number of nitrogens with one attached hydrogen (secondary N) is 1. The SMILES string of the molecule is COc1ccc(C)cc1S(=O)(=O)N(CC(=O)NC(C)c1ccccc1)c1ccc(F)cc1. The summed E-state index contributed by atoms with van der Waals surface area (Å²) < 4.78 is 46.9. The third kappa shape index (κ3) is 5.26. The Labute approximate surface area is 187 Å². The maximum Gasteiger partial charge on any atom is 0.268 e. The predicted molar refractivity (Wildman–Crippen MR) is 122 cm³/mol. The maximum absolute atomic E-state index is 13.6. The minimum atomic E-state index is -4.20. The summed E-state index contributed by atoms with van der Waals surface area (Å²) >= 11 is 0. The molecule has 1 atom stereocenters. The number of hydrogen-bond donors (Lipinski definition) is 1. The lowest BCUT2D eigenvalue weighted by Crippen LogP contribution is -2.41. The lowest BCUT2D eigenvalue weighted by Gasteiger charge is -2.26. The van der Waals surface area contributed by atoms with Gasteiger partial charge < -0.3 is 10.1 Å². The van der Waals surface area contributed by atoms with Gasteiger partial charge in [-0.15, -0.1) is 0 Å². The molecular formula is C24H25FN2O4S. The molecule has 168 valence electrons. The van der Waals surface area contributed by atoms with Crippen LogP contribution in [0.15, 0.2) is 77.7 Å². The highest BCUT2D eigenvalue weighted by molar-refractivity contribution is 7.93.